The summed E-state index contributed by atoms with van der Waals surface area (Å²) >= 11 is 5.97. The third kappa shape index (κ3) is 1.88. The fourth-order valence-electron chi connectivity index (χ4n) is 1.53. The van der Waals surface area contributed by atoms with E-state index in [2.05, 4.69) is 17.1 Å². The molecule has 0 amide bonds. The van der Waals surface area contributed by atoms with E-state index in [4.69, 9.17) is 11.6 Å². The van der Waals surface area contributed by atoms with Crippen LogP contribution in [-0.2, 0) is 6.54 Å². The fourth-order valence-corrected chi connectivity index (χ4v) is 1.70. The summed E-state index contributed by atoms with van der Waals surface area (Å²) in [7, 11) is 0. The van der Waals surface area contributed by atoms with Crippen LogP contribution in [0, 0.1) is 6.92 Å². The molecule has 0 spiro atoms. The van der Waals surface area contributed by atoms with Crippen LogP contribution in [0.4, 0.5) is 0 Å². The highest BCUT2D eigenvalue weighted by Gasteiger charge is 2.09. The van der Waals surface area contributed by atoms with Gasteiger partial charge in [-0.2, -0.15) is 0 Å². The van der Waals surface area contributed by atoms with Crippen molar-refractivity contribution in [3.8, 4) is 11.4 Å². The molecule has 0 radical (unpaired) electrons. The molecule has 1 aromatic heterocycles. The minimum absolute atomic E-state index is 0.723. The van der Waals surface area contributed by atoms with Gasteiger partial charge in [0.1, 0.15) is 6.33 Å². The van der Waals surface area contributed by atoms with Crippen LogP contribution in [-0.4, -0.2) is 14.8 Å². The van der Waals surface area contributed by atoms with E-state index in [1.807, 2.05) is 29.7 Å². The van der Waals surface area contributed by atoms with Crippen LogP contribution >= 0.6 is 11.6 Å². The third-order valence-corrected chi connectivity index (χ3v) is 2.63. The zero-order valence-electron chi connectivity index (χ0n) is 8.74. The first kappa shape index (κ1) is 10.2. The maximum atomic E-state index is 5.97. The Hall–Kier alpha value is -1.35. The van der Waals surface area contributed by atoms with Crippen molar-refractivity contribution in [2.75, 3.05) is 0 Å². The number of benzene rings is 1. The van der Waals surface area contributed by atoms with Gasteiger partial charge in [-0.1, -0.05) is 17.7 Å². The van der Waals surface area contributed by atoms with Crippen molar-refractivity contribution in [3.05, 3.63) is 35.1 Å². The molecule has 0 fully saturated rings. The molecular formula is C11H12ClN3. The first-order valence-electron chi connectivity index (χ1n) is 4.86. The van der Waals surface area contributed by atoms with E-state index in [0.29, 0.717) is 0 Å². The summed E-state index contributed by atoms with van der Waals surface area (Å²) < 4.78 is 2.00. The second-order valence-corrected chi connectivity index (χ2v) is 3.84. The van der Waals surface area contributed by atoms with E-state index in [0.717, 1.165) is 28.5 Å². The number of aromatic nitrogens is 3. The van der Waals surface area contributed by atoms with E-state index in [9.17, 15) is 0 Å². The van der Waals surface area contributed by atoms with Crippen LogP contribution in [0.2, 0.25) is 5.02 Å². The molecule has 0 N–H and O–H groups in total. The average Bonchev–Trinajstić information content (AvgIpc) is 2.69. The number of nitrogens with zero attached hydrogens (tertiary/aromatic N) is 3. The highest BCUT2D eigenvalue weighted by atomic mass is 35.5. The molecule has 0 saturated carbocycles. The average molecular weight is 222 g/mol. The number of hydrogen-bond donors (Lipinski definition) is 0. The van der Waals surface area contributed by atoms with Crippen molar-refractivity contribution in [2.45, 2.75) is 20.4 Å². The Labute approximate surface area is 93.7 Å². The Morgan fingerprint density at radius 1 is 1.40 bits per heavy atom. The van der Waals surface area contributed by atoms with Crippen molar-refractivity contribution in [3.63, 3.8) is 0 Å². The van der Waals surface area contributed by atoms with Crippen LogP contribution < -0.4 is 0 Å². The summed E-state index contributed by atoms with van der Waals surface area (Å²) in [5.74, 6) is 0.873. The van der Waals surface area contributed by atoms with Crippen LogP contribution in [0.3, 0.4) is 0 Å². The van der Waals surface area contributed by atoms with Crippen LogP contribution in [0.5, 0.6) is 0 Å². The van der Waals surface area contributed by atoms with Crippen LogP contribution in [0.15, 0.2) is 24.5 Å². The van der Waals surface area contributed by atoms with Gasteiger partial charge in [0.15, 0.2) is 5.82 Å². The molecule has 1 aromatic carbocycles. The van der Waals surface area contributed by atoms with Crippen molar-refractivity contribution in [2.24, 2.45) is 0 Å². The van der Waals surface area contributed by atoms with Gasteiger partial charge in [-0.05, 0) is 31.5 Å². The topological polar surface area (TPSA) is 30.7 Å². The molecule has 0 aliphatic heterocycles. The van der Waals surface area contributed by atoms with Gasteiger partial charge in [-0.15, -0.1) is 10.2 Å². The van der Waals surface area contributed by atoms with Crippen LogP contribution in [0.25, 0.3) is 11.4 Å². The Morgan fingerprint density at radius 3 is 2.93 bits per heavy atom. The Bertz CT molecular complexity index is 476. The minimum atomic E-state index is 0.723. The summed E-state index contributed by atoms with van der Waals surface area (Å²) in [5, 5.41) is 8.75. The molecule has 0 aliphatic rings. The molecule has 2 aromatic rings. The van der Waals surface area contributed by atoms with Crippen molar-refractivity contribution in [1.82, 2.24) is 14.8 Å². The highest BCUT2D eigenvalue weighted by molar-refractivity contribution is 6.30. The first-order valence-corrected chi connectivity index (χ1v) is 5.24. The number of aryl methyl sites for hydroxylation is 2. The molecule has 78 valence electrons. The van der Waals surface area contributed by atoms with E-state index >= 15 is 0 Å². The Morgan fingerprint density at radius 2 is 2.20 bits per heavy atom. The van der Waals surface area contributed by atoms with Gasteiger partial charge in [0.05, 0.1) is 0 Å². The third-order valence-electron chi connectivity index (χ3n) is 2.40. The lowest BCUT2D eigenvalue weighted by atomic mass is 10.1. The first-order chi connectivity index (χ1) is 7.22. The second kappa shape index (κ2) is 4.03. The smallest absolute Gasteiger partial charge is 0.164 e. The molecule has 0 bridgehead atoms. The predicted molar refractivity (Wildman–Crippen MR) is 60.9 cm³/mol. The number of halogens is 1. The Balaban J connectivity index is 2.58. The van der Waals surface area contributed by atoms with Gasteiger partial charge in [0.25, 0.3) is 0 Å². The van der Waals surface area contributed by atoms with E-state index in [1.165, 1.54) is 0 Å². The molecule has 0 atom stereocenters. The molecule has 15 heavy (non-hydrogen) atoms. The number of rotatable bonds is 2. The van der Waals surface area contributed by atoms with Gasteiger partial charge >= 0.3 is 0 Å². The molecule has 3 nitrogen and oxygen atoms in total. The SMILES string of the molecule is CCn1cnnc1-c1cc(Cl)ccc1C. The largest absolute Gasteiger partial charge is 0.314 e. The zero-order valence-corrected chi connectivity index (χ0v) is 9.49. The molecule has 1 heterocycles. The van der Waals surface area contributed by atoms with E-state index in [-0.39, 0.29) is 0 Å². The number of hydrogen-bond acceptors (Lipinski definition) is 2. The molecule has 2 rings (SSSR count). The molecule has 0 saturated heterocycles. The lowest BCUT2D eigenvalue weighted by molar-refractivity contribution is 0.766. The molecule has 4 heteroatoms. The van der Waals surface area contributed by atoms with Gasteiger partial charge in [-0.25, -0.2) is 0 Å². The summed E-state index contributed by atoms with van der Waals surface area (Å²) in [6.45, 7) is 4.96. The summed E-state index contributed by atoms with van der Waals surface area (Å²) in [6, 6.07) is 5.80. The minimum Gasteiger partial charge on any atom is -0.314 e. The maximum absolute atomic E-state index is 5.97. The lowest BCUT2D eigenvalue weighted by Crippen LogP contribution is -1.97. The second-order valence-electron chi connectivity index (χ2n) is 3.40. The van der Waals surface area contributed by atoms with Gasteiger partial charge in [0.2, 0.25) is 0 Å². The quantitative estimate of drug-likeness (QED) is 0.781. The van der Waals surface area contributed by atoms with Gasteiger partial charge in [-0.3, -0.25) is 0 Å². The van der Waals surface area contributed by atoms with Crippen LogP contribution in [0.1, 0.15) is 12.5 Å². The Kier molecular flexibility index (Phi) is 2.73. The van der Waals surface area contributed by atoms with E-state index in [1.54, 1.807) is 6.33 Å². The molecule has 0 aliphatic carbocycles. The van der Waals surface area contributed by atoms with Gasteiger partial charge in [0, 0.05) is 17.1 Å². The fraction of sp³-hybridized carbons (Fsp3) is 0.273. The normalized spacial score (nSPS) is 10.6. The maximum Gasteiger partial charge on any atom is 0.164 e. The highest BCUT2D eigenvalue weighted by Crippen LogP contribution is 2.24. The van der Waals surface area contributed by atoms with Crippen molar-refractivity contribution >= 4 is 11.6 Å². The monoisotopic (exact) mass is 221 g/mol. The molecular weight excluding hydrogens is 210 g/mol. The predicted octanol–water partition coefficient (Wildman–Crippen LogP) is 2.93. The van der Waals surface area contributed by atoms with Gasteiger partial charge < -0.3 is 4.57 Å². The summed E-state index contributed by atoms with van der Waals surface area (Å²) in [6.07, 6.45) is 1.73. The zero-order chi connectivity index (χ0) is 10.8. The van der Waals surface area contributed by atoms with E-state index < -0.39 is 0 Å². The molecule has 0 unspecified atom stereocenters. The summed E-state index contributed by atoms with van der Waals surface area (Å²) in [5.41, 5.74) is 2.20. The van der Waals surface area contributed by atoms with Crippen molar-refractivity contribution in [1.29, 1.82) is 0 Å². The standard InChI is InChI=1S/C11H12ClN3/c1-3-15-7-13-14-11(15)10-6-9(12)5-4-8(10)2/h4-7H,3H2,1-2H3. The van der Waals surface area contributed by atoms with Crippen molar-refractivity contribution < 1.29 is 0 Å². The summed E-state index contributed by atoms with van der Waals surface area (Å²) in [4.78, 5) is 0. The lowest BCUT2D eigenvalue weighted by Gasteiger charge is -2.06.